The highest BCUT2D eigenvalue weighted by Crippen LogP contribution is 2.37. The van der Waals surface area contributed by atoms with Gasteiger partial charge in [-0.15, -0.1) is 0 Å². The summed E-state index contributed by atoms with van der Waals surface area (Å²) in [5.41, 5.74) is 0.529. The molecule has 16 nitrogen and oxygen atoms in total. The van der Waals surface area contributed by atoms with Gasteiger partial charge in [-0.05, 0) is 30.3 Å². The fourth-order valence-electron chi connectivity index (χ4n) is 4.19. The lowest BCUT2D eigenvalue weighted by Crippen LogP contribution is -2.54. The van der Waals surface area contributed by atoms with Crippen molar-refractivity contribution in [2.75, 3.05) is 12.3 Å². The van der Waals surface area contributed by atoms with Crippen LogP contribution in [0.25, 0.3) is 22.1 Å². The van der Waals surface area contributed by atoms with Gasteiger partial charge in [-0.1, -0.05) is 12.1 Å². The second kappa shape index (κ2) is 11.6. The minimum Gasteiger partial charge on any atom is -0.480 e. The number of carboxylic acids is 1. The van der Waals surface area contributed by atoms with E-state index < -0.39 is 75.0 Å². The first kappa shape index (κ1) is 31.9. The van der Waals surface area contributed by atoms with Crippen LogP contribution in [0, 0.1) is 0 Å². The third-order valence-electron chi connectivity index (χ3n) is 6.19. The number of hydrogen-bond donors (Lipinski definition) is 8. The van der Waals surface area contributed by atoms with Gasteiger partial charge in [0.25, 0.3) is 5.91 Å². The second-order valence-electron chi connectivity index (χ2n) is 9.49. The Kier molecular flexibility index (Phi) is 8.57. The maximum atomic E-state index is 15.5. The van der Waals surface area contributed by atoms with Crippen LogP contribution in [0.4, 0.5) is 8.78 Å². The van der Waals surface area contributed by atoms with Crippen LogP contribution in [-0.2, 0) is 31.7 Å². The van der Waals surface area contributed by atoms with Gasteiger partial charge in [0.2, 0.25) is 5.91 Å². The Labute approximate surface area is 239 Å². The number of para-hydroxylation sites is 2. The van der Waals surface area contributed by atoms with Gasteiger partial charge in [0, 0.05) is 12.6 Å². The topological polar surface area (TPSA) is 257 Å². The molecule has 2 aromatic heterocycles. The summed E-state index contributed by atoms with van der Waals surface area (Å²) < 4.78 is 54.9. The summed E-state index contributed by atoms with van der Waals surface area (Å²) >= 11 is 0. The largest absolute Gasteiger partial charge is 0.480 e. The molecule has 0 aliphatic heterocycles. The Hall–Kier alpha value is -4.05. The zero-order chi connectivity index (χ0) is 31.9. The summed E-state index contributed by atoms with van der Waals surface area (Å²) in [4.78, 5) is 84.5. The van der Waals surface area contributed by atoms with Crippen molar-refractivity contribution in [1.29, 1.82) is 0 Å². The summed E-state index contributed by atoms with van der Waals surface area (Å²) in [6, 6.07) is 5.69. The number of nitrogens with zero attached hydrogens (tertiary/aromatic N) is 3. The van der Waals surface area contributed by atoms with Crippen molar-refractivity contribution in [3.8, 4) is 0 Å². The van der Waals surface area contributed by atoms with Crippen LogP contribution < -0.4 is 10.6 Å². The molecular formula is C23H24F2N6O10P2. The third-order valence-corrected chi connectivity index (χ3v) is 7.87. The molecule has 2 amide bonds. The standard InChI is InChI=1S/C23H24F2N6O10P2/c1-31-17-8-11(6-7-14(17)30-22(31)23(24,25)21-28-12-4-2-3-5-13(12)29-21)18(32)26-15(9-42(36,37)38)19(33)27-16(20(34)35)10-43(39,40)41/h2-8,15-16H,9-10H2,1H3,(H,26,32)(H,27,33)(H,28,29)(H,34,35)(H2,36,37,38)(H2,39,40,41). The molecule has 0 radical (unpaired) electrons. The number of carbonyl (C=O) groups is 3. The fourth-order valence-corrected chi connectivity index (χ4v) is 5.64. The Morgan fingerprint density at radius 3 is 2.19 bits per heavy atom. The first-order valence-corrected chi connectivity index (χ1v) is 15.7. The molecule has 2 heterocycles. The van der Waals surface area contributed by atoms with Gasteiger partial charge < -0.3 is 44.9 Å². The monoisotopic (exact) mass is 644 g/mol. The highest BCUT2D eigenvalue weighted by Gasteiger charge is 2.42. The molecule has 0 aliphatic carbocycles. The number of nitrogens with one attached hydrogen (secondary N) is 3. The van der Waals surface area contributed by atoms with E-state index in [1.165, 1.54) is 13.1 Å². The smallest absolute Gasteiger partial charge is 0.361 e. The number of H-pyrrole nitrogens is 1. The number of aromatic amines is 1. The molecule has 0 saturated heterocycles. The minimum absolute atomic E-state index is 0.0435. The zero-order valence-corrected chi connectivity index (χ0v) is 23.7. The zero-order valence-electron chi connectivity index (χ0n) is 21.9. The molecule has 4 aromatic rings. The van der Waals surface area contributed by atoms with Gasteiger partial charge in [-0.2, -0.15) is 8.78 Å². The normalized spacial score (nSPS) is 14.0. The molecule has 2 atom stereocenters. The number of fused-ring (bicyclic) bond motifs is 2. The number of aryl methyl sites for hydroxylation is 1. The number of aliphatic carboxylic acids is 1. The molecule has 43 heavy (non-hydrogen) atoms. The molecule has 4 rings (SSSR count). The highest BCUT2D eigenvalue weighted by molar-refractivity contribution is 7.52. The summed E-state index contributed by atoms with van der Waals surface area (Å²) in [7, 11) is -8.70. The second-order valence-corrected chi connectivity index (χ2v) is 12.9. The van der Waals surface area contributed by atoms with Crippen LogP contribution in [0.1, 0.15) is 22.0 Å². The third kappa shape index (κ3) is 7.30. The average molecular weight is 644 g/mol. The summed E-state index contributed by atoms with van der Waals surface area (Å²) in [6.07, 6.45) is -2.63. The summed E-state index contributed by atoms with van der Waals surface area (Å²) in [6.45, 7) is 0. The van der Waals surface area contributed by atoms with Crippen LogP contribution in [0.5, 0.6) is 0 Å². The van der Waals surface area contributed by atoms with E-state index in [9.17, 15) is 38.4 Å². The molecule has 0 spiro atoms. The number of halogens is 2. The highest BCUT2D eigenvalue weighted by atomic mass is 31.2. The molecule has 230 valence electrons. The first-order valence-electron chi connectivity index (χ1n) is 12.1. The Morgan fingerprint density at radius 2 is 1.58 bits per heavy atom. The van der Waals surface area contributed by atoms with Gasteiger partial charge in [-0.3, -0.25) is 18.7 Å². The van der Waals surface area contributed by atoms with E-state index in [1.807, 2.05) is 5.32 Å². The van der Waals surface area contributed by atoms with Gasteiger partial charge in [0.1, 0.15) is 12.1 Å². The molecule has 0 bridgehead atoms. The number of alkyl halides is 2. The lowest BCUT2D eigenvalue weighted by molar-refractivity contribution is -0.141. The van der Waals surface area contributed by atoms with Gasteiger partial charge in [0.15, 0.2) is 11.6 Å². The summed E-state index contributed by atoms with van der Waals surface area (Å²) in [5.74, 6) is -9.50. The number of carbonyl (C=O) groups excluding carboxylic acids is 2. The van der Waals surface area contributed by atoms with Gasteiger partial charge >= 0.3 is 27.1 Å². The maximum Gasteiger partial charge on any atom is 0.361 e. The van der Waals surface area contributed by atoms with Crippen molar-refractivity contribution in [1.82, 2.24) is 30.2 Å². The van der Waals surface area contributed by atoms with E-state index >= 15 is 8.78 Å². The van der Waals surface area contributed by atoms with Crippen LogP contribution in [0.2, 0.25) is 0 Å². The van der Waals surface area contributed by atoms with Crippen molar-refractivity contribution in [3.63, 3.8) is 0 Å². The van der Waals surface area contributed by atoms with Crippen molar-refractivity contribution >= 4 is 55.0 Å². The quantitative estimate of drug-likeness (QED) is 0.105. The van der Waals surface area contributed by atoms with E-state index in [4.69, 9.17) is 9.79 Å². The Morgan fingerprint density at radius 1 is 0.953 bits per heavy atom. The van der Waals surface area contributed by atoms with E-state index in [-0.39, 0.29) is 16.6 Å². The molecule has 20 heteroatoms. The predicted molar refractivity (Wildman–Crippen MR) is 144 cm³/mol. The van der Waals surface area contributed by atoms with Crippen molar-refractivity contribution in [2.45, 2.75) is 18.0 Å². The molecule has 0 aliphatic rings. The molecule has 2 aromatic carbocycles. The lowest BCUT2D eigenvalue weighted by atomic mass is 10.1. The SMILES string of the molecule is Cn1c(C(F)(F)c2nc3ccccc3[nH]2)nc2ccc(C(=O)NC(CP(=O)(O)O)C(=O)NC(CP(=O)(O)O)C(=O)O)cc21. The van der Waals surface area contributed by atoms with E-state index in [0.29, 0.717) is 11.0 Å². The van der Waals surface area contributed by atoms with Crippen LogP contribution >= 0.6 is 15.2 Å². The number of rotatable bonds is 11. The number of aromatic nitrogens is 4. The Bertz CT molecular complexity index is 1800. The van der Waals surface area contributed by atoms with Gasteiger partial charge in [-0.25, -0.2) is 14.8 Å². The molecule has 0 saturated carbocycles. The van der Waals surface area contributed by atoms with Crippen molar-refractivity contribution < 1.29 is 57.0 Å². The van der Waals surface area contributed by atoms with E-state index in [0.717, 1.165) is 16.7 Å². The van der Waals surface area contributed by atoms with Crippen molar-refractivity contribution in [2.24, 2.45) is 7.05 Å². The predicted octanol–water partition coefficient (Wildman–Crippen LogP) is 0.613. The lowest BCUT2D eigenvalue weighted by Gasteiger charge is -2.22. The van der Waals surface area contributed by atoms with Gasteiger partial charge in [0.05, 0.1) is 34.4 Å². The van der Waals surface area contributed by atoms with E-state index in [1.54, 1.807) is 29.6 Å². The fraction of sp³-hybridized carbons (Fsp3) is 0.261. The number of carboxylic acid groups (broad SMARTS) is 1. The molecule has 8 N–H and O–H groups in total. The molecular weight excluding hydrogens is 620 g/mol. The summed E-state index contributed by atoms with van der Waals surface area (Å²) in [5, 5.41) is 13.0. The maximum absolute atomic E-state index is 15.5. The molecule has 2 unspecified atom stereocenters. The number of imidazole rings is 2. The molecule has 0 fully saturated rings. The minimum atomic E-state index is -5.02. The number of benzene rings is 2. The van der Waals surface area contributed by atoms with E-state index in [2.05, 4.69) is 15.0 Å². The first-order chi connectivity index (χ1) is 19.9. The van der Waals surface area contributed by atoms with Crippen molar-refractivity contribution in [3.05, 3.63) is 59.7 Å². The van der Waals surface area contributed by atoms with Crippen LogP contribution in [-0.4, -0.2) is 86.4 Å². The number of amides is 2. The number of hydrogen-bond acceptors (Lipinski definition) is 7. The average Bonchev–Trinajstić information content (AvgIpc) is 3.48. The Balaban J connectivity index is 1.61. The van der Waals surface area contributed by atoms with Crippen LogP contribution in [0.15, 0.2) is 42.5 Å². The van der Waals surface area contributed by atoms with Crippen LogP contribution in [0.3, 0.4) is 0 Å².